The number of hydrogen-bond acceptors (Lipinski definition) is 4. The second-order valence-corrected chi connectivity index (χ2v) is 7.31. The summed E-state index contributed by atoms with van der Waals surface area (Å²) >= 11 is 0. The Hall–Kier alpha value is -2.93. The van der Waals surface area contributed by atoms with Gasteiger partial charge in [-0.05, 0) is 49.1 Å². The SMILES string of the molecule is N=C(N)C[C@H]1CCCN(Cc2ccc(-n3cc4cc[nH]c4nc3=O)cc2)C1. The van der Waals surface area contributed by atoms with Crippen LogP contribution < -0.4 is 11.4 Å². The lowest BCUT2D eigenvalue weighted by atomic mass is 9.94. The fraction of sp³-hybridized carbons (Fsp3) is 0.350. The Morgan fingerprint density at radius 1 is 1.30 bits per heavy atom. The first-order chi connectivity index (χ1) is 13.1. The zero-order valence-corrected chi connectivity index (χ0v) is 15.2. The first kappa shape index (κ1) is 17.5. The normalized spacial score (nSPS) is 18.0. The highest BCUT2D eigenvalue weighted by molar-refractivity contribution is 5.77. The van der Waals surface area contributed by atoms with Crippen LogP contribution in [-0.4, -0.2) is 38.4 Å². The van der Waals surface area contributed by atoms with Crippen LogP contribution in [0.2, 0.25) is 0 Å². The summed E-state index contributed by atoms with van der Waals surface area (Å²) in [6.07, 6.45) is 6.57. The molecule has 140 valence electrons. The molecule has 0 aliphatic carbocycles. The molecule has 3 heterocycles. The average molecular weight is 364 g/mol. The number of piperidine rings is 1. The zero-order chi connectivity index (χ0) is 18.8. The summed E-state index contributed by atoms with van der Waals surface area (Å²) in [6.45, 7) is 2.93. The minimum atomic E-state index is -0.291. The van der Waals surface area contributed by atoms with Gasteiger partial charge in [0.1, 0.15) is 5.65 Å². The van der Waals surface area contributed by atoms with E-state index in [-0.39, 0.29) is 11.5 Å². The summed E-state index contributed by atoms with van der Waals surface area (Å²) in [5.74, 6) is 0.762. The van der Waals surface area contributed by atoms with E-state index in [1.807, 2.05) is 24.4 Å². The maximum Gasteiger partial charge on any atom is 0.354 e. The zero-order valence-electron chi connectivity index (χ0n) is 15.2. The molecule has 3 aromatic rings. The minimum absolute atomic E-state index is 0.282. The van der Waals surface area contributed by atoms with Gasteiger partial charge in [-0.3, -0.25) is 14.9 Å². The molecule has 1 atom stereocenters. The van der Waals surface area contributed by atoms with E-state index in [4.69, 9.17) is 11.1 Å². The number of rotatable bonds is 5. The maximum absolute atomic E-state index is 12.3. The smallest absolute Gasteiger partial charge is 0.354 e. The number of aromatic nitrogens is 3. The molecule has 1 saturated heterocycles. The monoisotopic (exact) mass is 364 g/mol. The van der Waals surface area contributed by atoms with Crippen LogP contribution in [0.15, 0.2) is 47.5 Å². The van der Waals surface area contributed by atoms with Crippen LogP contribution in [0.3, 0.4) is 0 Å². The van der Waals surface area contributed by atoms with Gasteiger partial charge >= 0.3 is 5.69 Å². The molecule has 1 aliphatic heterocycles. The lowest BCUT2D eigenvalue weighted by Crippen LogP contribution is -2.36. The number of nitrogens with one attached hydrogen (secondary N) is 2. The number of hydrogen-bond donors (Lipinski definition) is 3. The fourth-order valence-corrected chi connectivity index (χ4v) is 3.90. The summed E-state index contributed by atoms with van der Waals surface area (Å²) in [5.41, 5.74) is 7.91. The Morgan fingerprint density at radius 3 is 2.89 bits per heavy atom. The molecule has 4 rings (SSSR count). The van der Waals surface area contributed by atoms with Crippen LogP contribution in [0.5, 0.6) is 0 Å². The topological polar surface area (TPSA) is 104 Å². The lowest BCUT2D eigenvalue weighted by molar-refractivity contribution is 0.170. The van der Waals surface area contributed by atoms with Crippen molar-refractivity contribution >= 4 is 16.9 Å². The molecule has 1 aliphatic rings. The van der Waals surface area contributed by atoms with Gasteiger partial charge in [-0.2, -0.15) is 4.98 Å². The van der Waals surface area contributed by atoms with E-state index in [1.165, 1.54) is 5.56 Å². The molecule has 1 aromatic carbocycles. The summed E-state index contributed by atoms with van der Waals surface area (Å²) in [6, 6.07) is 9.97. The molecule has 0 bridgehead atoms. The third-order valence-electron chi connectivity index (χ3n) is 5.17. The number of H-pyrrole nitrogens is 1. The molecule has 0 unspecified atom stereocenters. The first-order valence-corrected chi connectivity index (χ1v) is 9.30. The molecule has 7 heteroatoms. The van der Waals surface area contributed by atoms with E-state index in [0.29, 0.717) is 18.0 Å². The Kier molecular flexibility index (Phi) is 4.77. The van der Waals surface area contributed by atoms with Gasteiger partial charge in [0.05, 0.1) is 11.5 Å². The van der Waals surface area contributed by atoms with E-state index in [2.05, 4.69) is 27.0 Å². The third-order valence-corrected chi connectivity index (χ3v) is 5.17. The van der Waals surface area contributed by atoms with Gasteiger partial charge in [-0.25, -0.2) is 4.79 Å². The molecule has 2 aromatic heterocycles. The highest BCUT2D eigenvalue weighted by Gasteiger charge is 2.20. The molecule has 4 N–H and O–H groups in total. The second kappa shape index (κ2) is 7.36. The van der Waals surface area contributed by atoms with Crippen LogP contribution >= 0.6 is 0 Å². The molecular weight excluding hydrogens is 340 g/mol. The lowest BCUT2D eigenvalue weighted by Gasteiger charge is -2.32. The Labute approximate surface area is 157 Å². The Bertz CT molecular complexity index is 1000. The second-order valence-electron chi connectivity index (χ2n) is 7.31. The van der Waals surface area contributed by atoms with Crippen LogP contribution in [0.1, 0.15) is 24.8 Å². The van der Waals surface area contributed by atoms with E-state index < -0.39 is 0 Å². The van der Waals surface area contributed by atoms with Gasteiger partial charge in [-0.15, -0.1) is 0 Å². The highest BCUT2D eigenvalue weighted by Crippen LogP contribution is 2.21. The summed E-state index contributed by atoms with van der Waals surface area (Å²) in [5, 5.41) is 8.41. The van der Waals surface area contributed by atoms with Crippen molar-refractivity contribution in [2.45, 2.75) is 25.8 Å². The molecule has 0 radical (unpaired) electrons. The van der Waals surface area contributed by atoms with Crippen molar-refractivity contribution in [1.82, 2.24) is 19.4 Å². The first-order valence-electron chi connectivity index (χ1n) is 9.30. The van der Waals surface area contributed by atoms with Gasteiger partial charge in [0, 0.05) is 37.3 Å². The fourth-order valence-electron chi connectivity index (χ4n) is 3.90. The quantitative estimate of drug-likeness (QED) is 0.477. The van der Waals surface area contributed by atoms with Gasteiger partial charge in [0.15, 0.2) is 0 Å². The van der Waals surface area contributed by atoms with Crippen molar-refractivity contribution in [3.05, 3.63) is 58.8 Å². The van der Waals surface area contributed by atoms with E-state index >= 15 is 0 Å². The predicted molar refractivity (Wildman–Crippen MR) is 106 cm³/mol. The summed E-state index contributed by atoms with van der Waals surface area (Å²) < 4.78 is 1.57. The molecule has 0 amide bonds. The minimum Gasteiger partial charge on any atom is -0.388 e. The number of fused-ring (bicyclic) bond motifs is 1. The maximum atomic E-state index is 12.3. The van der Waals surface area contributed by atoms with Crippen LogP contribution in [-0.2, 0) is 6.54 Å². The molecule has 1 fully saturated rings. The van der Waals surface area contributed by atoms with Crippen molar-refractivity contribution in [3.63, 3.8) is 0 Å². The standard InChI is InChI=1S/C20H24N6O/c21-18(22)10-15-2-1-9-25(12-15)11-14-3-5-17(6-4-14)26-13-16-7-8-23-19(16)24-20(26)27/h3-8,13,15H,1-2,9-12H2,(H3,21,22)(H,23,24,27)/t15-/m1/s1. The molecule has 0 spiro atoms. The van der Waals surface area contributed by atoms with E-state index in [9.17, 15) is 4.79 Å². The summed E-state index contributed by atoms with van der Waals surface area (Å²) in [7, 11) is 0. The summed E-state index contributed by atoms with van der Waals surface area (Å²) in [4.78, 5) is 21.7. The number of nitrogens with zero attached hydrogens (tertiary/aromatic N) is 3. The van der Waals surface area contributed by atoms with Crippen LogP contribution in [0.4, 0.5) is 0 Å². The predicted octanol–water partition coefficient (Wildman–Crippen LogP) is 2.25. The Morgan fingerprint density at radius 2 is 2.11 bits per heavy atom. The highest BCUT2D eigenvalue weighted by atomic mass is 16.1. The van der Waals surface area contributed by atoms with Crippen molar-refractivity contribution in [3.8, 4) is 5.69 Å². The van der Waals surface area contributed by atoms with Crippen LogP contribution in [0.25, 0.3) is 16.7 Å². The van der Waals surface area contributed by atoms with Gasteiger partial charge in [-0.1, -0.05) is 12.1 Å². The van der Waals surface area contributed by atoms with Gasteiger partial charge in [0.2, 0.25) is 0 Å². The number of nitrogens with two attached hydrogens (primary N) is 1. The van der Waals surface area contributed by atoms with Gasteiger partial charge < -0.3 is 10.7 Å². The molecule has 7 nitrogen and oxygen atoms in total. The molecule has 27 heavy (non-hydrogen) atoms. The number of likely N-dealkylation sites (tertiary alicyclic amines) is 1. The van der Waals surface area contributed by atoms with E-state index in [1.54, 1.807) is 10.8 Å². The number of benzene rings is 1. The third kappa shape index (κ3) is 3.93. The van der Waals surface area contributed by atoms with Crippen molar-refractivity contribution in [2.75, 3.05) is 13.1 Å². The molecule has 0 saturated carbocycles. The number of aromatic amines is 1. The van der Waals surface area contributed by atoms with Crippen molar-refractivity contribution in [1.29, 1.82) is 5.41 Å². The average Bonchev–Trinajstić information content (AvgIpc) is 3.09. The largest absolute Gasteiger partial charge is 0.388 e. The number of amidine groups is 1. The van der Waals surface area contributed by atoms with Crippen LogP contribution in [0, 0.1) is 11.3 Å². The Balaban J connectivity index is 1.48. The van der Waals surface area contributed by atoms with E-state index in [0.717, 1.165) is 43.5 Å². The van der Waals surface area contributed by atoms with Gasteiger partial charge in [0.25, 0.3) is 0 Å². The molecular formula is C20H24N6O. The van der Waals surface area contributed by atoms with Crippen molar-refractivity contribution in [2.24, 2.45) is 11.7 Å². The van der Waals surface area contributed by atoms with Crippen molar-refractivity contribution < 1.29 is 0 Å².